The fourth-order valence-electron chi connectivity index (χ4n) is 3.85. The Labute approximate surface area is 164 Å². The van der Waals surface area contributed by atoms with Crippen molar-refractivity contribution in [2.24, 2.45) is 0 Å². The van der Waals surface area contributed by atoms with Crippen LogP contribution in [-0.4, -0.2) is 65.1 Å². The van der Waals surface area contributed by atoms with Crippen molar-refractivity contribution in [3.05, 3.63) is 60.3 Å². The average Bonchev–Trinajstić information content (AvgIpc) is 3.09. The van der Waals surface area contributed by atoms with E-state index in [1.807, 2.05) is 61.5 Å². The van der Waals surface area contributed by atoms with Gasteiger partial charge in [-0.05, 0) is 37.9 Å². The lowest BCUT2D eigenvalue weighted by atomic mass is 10.00. The molecular formula is C22H24N4O2. The summed E-state index contributed by atoms with van der Waals surface area (Å²) < 4.78 is 0. The molecule has 6 heteroatoms. The largest absolute Gasteiger partial charge is 0.398 e. The predicted octanol–water partition coefficient (Wildman–Crippen LogP) is 2.23. The minimum Gasteiger partial charge on any atom is -0.398 e. The number of anilines is 1. The number of nitrogen functional groups attached to an aromatic ring is 1. The van der Waals surface area contributed by atoms with Crippen molar-refractivity contribution in [3.63, 3.8) is 0 Å². The van der Waals surface area contributed by atoms with Crippen molar-refractivity contribution in [2.45, 2.75) is 12.1 Å². The summed E-state index contributed by atoms with van der Waals surface area (Å²) in [5.41, 5.74) is 10.2. The van der Waals surface area contributed by atoms with Crippen LogP contribution in [0.3, 0.4) is 0 Å². The number of hydrogen-bond donors (Lipinski definition) is 2. The SMILES string of the molecule is CN(C)[C@H]1CN(C(=O)c2ccc(-c3cccc4c(N)ccnc34)cc2)C[C@@H]1O. The molecule has 0 unspecified atom stereocenters. The van der Waals surface area contributed by atoms with Gasteiger partial charge >= 0.3 is 0 Å². The minimum atomic E-state index is -0.523. The number of carbonyl (C=O) groups excluding carboxylic acids is 1. The molecule has 0 aliphatic carbocycles. The summed E-state index contributed by atoms with van der Waals surface area (Å²) >= 11 is 0. The van der Waals surface area contributed by atoms with E-state index in [0.717, 1.165) is 22.0 Å². The smallest absolute Gasteiger partial charge is 0.253 e. The maximum absolute atomic E-state index is 12.8. The molecule has 4 rings (SSSR count). The van der Waals surface area contributed by atoms with Crippen molar-refractivity contribution in [1.82, 2.24) is 14.8 Å². The molecule has 144 valence electrons. The molecule has 0 bridgehead atoms. The maximum Gasteiger partial charge on any atom is 0.253 e. The van der Waals surface area contributed by atoms with Gasteiger partial charge in [0.2, 0.25) is 0 Å². The van der Waals surface area contributed by atoms with Gasteiger partial charge < -0.3 is 20.6 Å². The van der Waals surface area contributed by atoms with E-state index >= 15 is 0 Å². The average molecular weight is 376 g/mol. The van der Waals surface area contributed by atoms with E-state index in [1.54, 1.807) is 17.2 Å². The third-order valence-corrected chi connectivity index (χ3v) is 5.46. The van der Waals surface area contributed by atoms with Gasteiger partial charge in [-0.1, -0.05) is 30.3 Å². The molecule has 6 nitrogen and oxygen atoms in total. The molecule has 1 aliphatic rings. The van der Waals surface area contributed by atoms with E-state index in [1.165, 1.54) is 0 Å². The standard InChI is InChI=1S/C22H24N4O2/c1-25(2)19-12-26(13-20(19)27)22(28)15-8-6-14(7-9-15)16-4-3-5-17-18(23)10-11-24-21(16)17/h3-11,19-20,27H,12-13H2,1-2H3,(H2,23,24)/t19-,20-/m0/s1. The zero-order chi connectivity index (χ0) is 19.8. The summed E-state index contributed by atoms with van der Waals surface area (Å²) in [5.74, 6) is -0.0600. The summed E-state index contributed by atoms with van der Waals surface area (Å²) in [6.45, 7) is 0.886. The number of nitrogens with two attached hydrogens (primary N) is 1. The zero-order valence-corrected chi connectivity index (χ0v) is 16.0. The second-order valence-electron chi connectivity index (χ2n) is 7.49. The van der Waals surface area contributed by atoms with Gasteiger partial charge in [0.25, 0.3) is 5.91 Å². The number of likely N-dealkylation sites (N-methyl/N-ethyl adjacent to an activating group) is 1. The first-order valence-corrected chi connectivity index (χ1v) is 9.33. The van der Waals surface area contributed by atoms with Crippen LogP contribution in [0.5, 0.6) is 0 Å². The Bertz CT molecular complexity index is 1020. The molecule has 1 aromatic heterocycles. The summed E-state index contributed by atoms with van der Waals surface area (Å²) in [4.78, 5) is 21.0. The fraction of sp³-hybridized carbons (Fsp3) is 0.273. The van der Waals surface area contributed by atoms with Crippen LogP contribution in [0.15, 0.2) is 54.7 Å². The molecule has 2 atom stereocenters. The number of β-amino-alcohol motifs (C(OH)–C–C–N with tert-alkyl or cyclic N) is 1. The lowest BCUT2D eigenvalue weighted by Gasteiger charge is -2.21. The van der Waals surface area contributed by atoms with Gasteiger partial charge in [0.15, 0.2) is 0 Å². The quantitative estimate of drug-likeness (QED) is 0.732. The second kappa shape index (κ2) is 7.22. The van der Waals surface area contributed by atoms with Crippen molar-refractivity contribution in [1.29, 1.82) is 0 Å². The Hall–Kier alpha value is -2.96. The van der Waals surface area contributed by atoms with Crippen LogP contribution in [0, 0.1) is 0 Å². The number of aliphatic hydroxyl groups excluding tert-OH is 1. The molecule has 3 N–H and O–H groups in total. The first-order valence-electron chi connectivity index (χ1n) is 9.33. The molecule has 1 aliphatic heterocycles. The molecule has 2 aromatic carbocycles. The number of likely N-dealkylation sites (tertiary alicyclic amines) is 1. The monoisotopic (exact) mass is 376 g/mol. The van der Waals surface area contributed by atoms with Gasteiger partial charge in [0.1, 0.15) is 0 Å². The molecule has 3 aromatic rings. The van der Waals surface area contributed by atoms with Crippen molar-refractivity contribution in [3.8, 4) is 11.1 Å². The highest BCUT2D eigenvalue weighted by Crippen LogP contribution is 2.30. The van der Waals surface area contributed by atoms with Crippen LogP contribution in [-0.2, 0) is 0 Å². The molecule has 1 amide bonds. The van der Waals surface area contributed by atoms with Crippen LogP contribution in [0.2, 0.25) is 0 Å². The van der Waals surface area contributed by atoms with Crippen LogP contribution >= 0.6 is 0 Å². The molecule has 1 fully saturated rings. The first kappa shape index (κ1) is 18.4. The van der Waals surface area contributed by atoms with Crippen molar-refractivity contribution < 1.29 is 9.90 Å². The number of aromatic nitrogens is 1. The van der Waals surface area contributed by atoms with Gasteiger partial charge in [-0.3, -0.25) is 9.78 Å². The molecular weight excluding hydrogens is 352 g/mol. The van der Waals surface area contributed by atoms with E-state index < -0.39 is 6.10 Å². The van der Waals surface area contributed by atoms with Gasteiger partial charge in [-0.2, -0.15) is 0 Å². The third kappa shape index (κ3) is 3.21. The van der Waals surface area contributed by atoms with Crippen LogP contribution in [0.25, 0.3) is 22.0 Å². The Balaban J connectivity index is 1.60. The number of rotatable bonds is 3. The maximum atomic E-state index is 12.8. The van der Waals surface area contributed by atoms with Crippen LogP contribution in [0.4, 0.5) is 5.69 Å². The molecule has 0 saturated carbocycles. The number of fused-ring (bicyclic) bond motifs is 1. The van der Waals surface area contributed by atoms with E-state index in [-0.39, 0.29) is 11.9 Å². The summed E-state index contributed by atoms with van der Waals surface area (Å²) in [6.07, 6.45) is 1.18. The number of benzene rings is 2. The highest BCUT2D eigenvalue weighted by Gasteiger charge is 2.35. The first-order chi connectivity index (χ1) is 13.5. The fourth-order valence-corrected chi connectivity index (χ4v) is 3.85. The normalized spacial score (nSPS) is 19.5. The number of nitrogens with zero attached hydrogens (tertiary/aromatic N) is 3. The number of pyridine rings is 1. The topological polar surface area (TPSA) is 82.7 Å². The minimum absolute atomic E-state index is 0.0320. The van der Waals surface area contributed by atoms with Crippen molar-refractivity contribution in [2.75, 3.05) is 32.9 Å². The Morgan fingerprint density at radius 3 is 2.57 bits per heavy atom. The predicted molar refractivity (Wildman–Crippen MR) is 111 cm³/mol. The summed E-state index contributed by atoms with van der Waals surface area (Å²) in [7, 11) is 3.84. The molecule has 0 radical (unpaired) electrons. The summed E-state index contributed by atoms with van der Waals surface area (Å²) in [6, 6.07) is 15.2. The van der Waals surface area contributed by atoms with E-state index in [9.17, 15) is 9.90 Å². The highest BCUT2D eigenvalue weighted by molar-refractivity contribution is 6.00. The Morgan fingerprint density at radius 2 is 1.89 bits per heavy atom. The van der Waals surface area contributed by atoms with Gasteiger partial charge in [0.05, 0.1) is 17.7 Å². The van der Waals surface area contributed by atoms with Gasteiger partial charge in [-0.25, -0.2) is 0 Å². The zero-order valence-electron chi connectivity index (χ0n) is 16.0. The van der Waals surface area contributed by atoms with E-state index in [2.05, 4.69) is 4.98 Å². The van der Waals surface area contributed by atoms with E-state index in [0.29, 0.717) is 24.3 Å². The Morgan fingerprint density at radius 1 is 1.14 bits per heavy atom. The van der Waals surface area contributed by atoms with Crippen molar-refractivity contribution >= 4 is 22.5 Å². The Kier molecular flexibility index (Phi) is 4.75. The highest BCUT2D eigenvalue weighted by atomic mass is 16.3. The number of para-hydroxylation sites is 1. The van der Waals surface area contributed by atoms with Crippen LogP contribution < -0.4 is 5.73 Å². The molecule has 0 spiro atoms. The molecule has 2 heterocycles. The van der Waals surface area contributed by atoms with E-state index in [4.69, 9.17) is 5.73 Å². The lowest BCUT2D eigenvalue weighted by Crippen LogP contribution is -2.38. The third-order valence-electron chi connectivity index (χ3n) is 5.46. The number of aliphatic hydroxyl groups is 1. The molecule has 1 saturated heterocycles. The number of carbonyl (C=O) groups is 1. The molecule has 28 heavy (non-hydrogen) atoms. The number of hydrogen-bond acceptors (Lipinski definition) is 5. The van der Waals surface area contributed by atoms with Crippen LogP contribution in [0.1, 0.15) is 10.4 Å². The van der Waals surface area contributed by atoms with Gasteiger partial charge in [0, 0.05) is 41.5 Å². The number of amides is 1. The lowest BCUT2D eigenvalue weighted by molar-refractivity contribution is 0.0764. The second-order valence-corrected chi connectivity index (χ2v) is 7.49. The van der Waals surface area contributed by atoms with Gasteiger partial charge in [-0.15, -0.1) is 0 Å². The summed E-state index contributed by atoms with van der Waals surface area (Å²) in [5, 5.41) is 11.1.